The molecule has 1 aliphatic rings. The number of nitrogens with two attached hydrogens (primary N) is 1. The molecule has 3 heterocycles. The minimum Gasteiger partial charge on any atom is -0.343 e. The first-order valence-electron chi connectivity index (χ1n) is 7.71. The lowest BCUT2D eigenvalue weighted by Crippen LogP contribution is -2.40. The predicted molar refractivity (Wildman–Crippen MR) is 82.4 cm³/mol. The van der Waals surface area contributed by atoms with Crippen LogP contribution in [0.1, 0.15) is 19.3 Å². The van der Waals surface area contributed by atoms with Crippen LogP contribution >= 0.6 is 0 Å². The Balaban J connectivity index is 1.61. The molecule has 2 aromatic heterocycles. The van der Waals surface area contributed by atoms with Gasteiger partial charge in [-0.25, -0.2) is 9.48 Å². The van der Waals surface area contributed by atoms with Crippen molar-refractivity contribution in [1.82, 2.24) is 19.1 Å². The predicted octanol–water partition coefficient (Wildman–Crippen LogP) is 0.0834. The van der Waals surface area contributed by atoms with Crippen LogP contribution in [0.5, 0.6) is 0 Å². The Hall–Kier alpha value is -2.15. The average Bonchev–Trinajstić information content (AvgIpc) is 2.89. The van der Waals surface area contributed by atoms with Crippen molar-refractivity contribution >= 4 is 11.6 Å². The van der Waals surface area contributed by atoms with Gasteiger partial charge in [0, 0.05) is 25.7 Å². The van der Waals surface area contributed by atoms with Crippen LogP contribution in [0.25, 0.3) is 5.65 Å². The summed E-state index contributed by atoms with van der Waals surface area (Å²) in [6, 6.07) is 5.39. The number of piperidine rings is 1. The number of rotatable bonds is 4. The highest BCUT2D eigenvalue weighted by atomic mass is 16.2. The molecule has 0 aliphatic carbocycles. The van der Waals surface area contributed by atoms with Crippen LogP contribution in [0.2, 0.25) is 0 Å². The Bertz CT molecular complexity index is 712. The van der Waals surface area contributed by atoms with Gasteiger partial charge in [-0.05, 0) is 37.4 Å². The third-order valence-electron chi connectivity index (χ3n) is 4.33. The Labute approximate surface area is 128 Å². The second kappa shape index (κ2) is 6.31. The molecule has 0 aromatic carbocycles. The molecule has 0 atom stereocenters. The maximum absolute atomic E-state index is 12.2. The Morgan fingerprint density at radius 1 is 1.32 bits per heavy atom. The van der Waals surface area contributed by atoms with Gasteiger partial charge in [0.25, 0.3) is 0 Å². The first-order chi connectivity index (χ1) is 10.7. The number of carbonyl (C=O) groups is 1. The maximum atomic E-state index is 12.2. The number of nitrogens with zero attached hydrogens (tertiary/aromatic N) is 4. The largest absolute Gasteiger partial charge is 0.350 e. The first kappa shape index (κ1) is 14.8. The Morgan fingerprint density at radius 3 is 2.77 bits per heavy atom. The fourth-order valence-electron chi connectivity index (χ4n) is 2.89. The molecule has 2 aromatic rings. The second-order valence-electron chi connectivity index (χ2n) is 5.74. The van der Waals surface area contributed by atoms with E-state index in [-0.39, 0.29) is 11.6 Å². The highest BCUT2D eigenvalue weighted by Crippen LogP contribution is 2.16. The number of likely N-dealkylation sites (tertiary alicyclic amines) is 1. The number of fused-ring (bicyclic) bond motifs is 1. The van der Waals surface area contributed by atoms with E-state index in [1.54, 1.807) is 18.3 Å². The summed E-state index contributed by atoms with van der Waals surface area (Å²) >= 11 is 0. The highest BCUT2D eigenvalue weighted by Gasteiger charge is 2.21. The lowest BCUT2D eigenvalue weighted by Gasteiger charge is -2.31. The molecule has 118 valence electrons. The maximum Gasteiger partial charge on any atom is 0.350 e. The zero-order valence-corrected chi connectivity index (χ0v) is 12.5. The van der Waals surface area contributed by atoms with Gasteiger partial charge in [0.05, 0.1) is 6.54 Å². The third-order valence-corrected chi connectivity index (χ3v) is 4.33. The molecule has 7 nitrogen and oxygen atoms in total. The minimum absolute atomic E-state index is 0.0828. The van der Waals surface area contributed by atoms with Gasteiger partial charge in [-0.15, -0.1) is 5.10 Å². The van der Waals surface area contributed by atoms with Crippen LogP contribution < -0.4 is 11.4 Å². The molecule has 22 heavy (non-hydrogen) atoms. The SMILES string of the molecule is NCC1CCN(C(=O)CCn2nc3ccccn3c2=O)CC1. The van der Waals surface area contributed by atoms with Gasteiger partial charge in [-0.3, -0.25) is 9.20 Å². The number of hydrogen-bond donors (Lipinski definition) is 1. The number of hydrogen-bond acceptors (Lipinski definition) is 4. The van der Waals surface area contributed by atoms with E-state index in [2.05, 4.69) is 5.10 Å². The molecule has 2 N–H and O–H groups in total. The van der Waals surface area contributed by atoms with Gasteiger partial charge in [0.1, 0.15) is 0 Å². The summed E-state index contributed by atoms with van der Waals surface area (Å²) in [6.07, 6.45) is 3.92. The summed E-state index contributed by atoms with van der Waals surface area (Å²) in [7, 11) is 0. The summed E-state index contributed by atoms with van der Waals surface area (Å²) in [6.45, 7) is 2.54. The van der Waals surface area contributed by atoms with Crippen molar-refractivity contribution in [2.75, 3.05) is 19.6 Å². The fraction of sp³-hybridized carbons (Fsp3) is 0.533. The molecule has 1 saturated heterocycles. The fourth-order valence-corrected chi connectivity index (χ4v) is 2.89. The van der Waals surface area contributed by atoms with E-state index in [1.807, 2.05) is 11.0 Å². The molecule has 7 heteroatoms. The number of aromatic nitrogens is 3. The van der Waals surface area contributed by atoms with Crippen molar-refractivity contribution in [3.8, 4) is 0 Å². The van der Waals surface area contributed by atoms with Crippen LogP contribution in [0.4, 0.5) is 0 Å². The van der Waals surface area contributed by atoms with Gasteiger partial charge in [0.2, 0.25) is 5.91 Å². The van der Waals surface area contributed by atoms with Gasteiger partial charge >= 0.3 is 5.69 Å². The van der Waals surface area contributed by atoms with Crippen LogP contribution in [-0.2, 0) is 11.3 Å². The van der Waals surface area contributed by atoms with E-state index in [9.17, 15) is 9.59 Å². The molecule has 0 radical (unpaired) electrons. The summed E-state index contributed by atoms with van der Waals surface area (Å²) in [5.41, 5.74) is 6.06. The zero-order chi connectivity index (χ0) is 15.5. The zero-order valence-electron chi connectivity index (χ0n) is 12.5. The monoisotopic (exact) mass is 303 g/mol. The van der Waals surface area contributed by atoms with Crippen LogP contribution in [-0.4, -0.2) is 44.6 Å². The van der Waals surface area contributed by atoms with Gasteiger partial charge in [-0.2, -0.15) is 0 Å². The van der Waals surface area contributed by atoms with Crippen molar-refractivity contribution in [2.45, 2.75) is 25.8 Å². The standard InChI is InChI=1S/C15H21N5O2/c16-11-12-4-8-18(9-5-12)14(21)6-10-20-15(22)19-7-2-1-3-13(19)17-20/h1-3,7,12H,4-6,8-11,16H2. The van der Waals surface area contributed by atoms with Crippen molar-refractivity contribution in [1.29, 1.82) is 0 Å². The summed E-state index contributed by atoms with van der Waals surface area (Å²) in [5.74, 6) is 0.615. The van der Waals surface area contributed by atoms with E-state index in [1.165, 1.54) is 9.08 Å². The van der Waals surface area contributed by atoms with E-state index < -0.39 is 0 Å². The number of pyridine rings is 1. The van der Waals surface area contributed by atoms with E-state index in [0.29, 0.717) is 31.1 Å². The molecule has 0 spiro atoms. The molecular formula is C15H21N5O2. The van der Waals surface area contributed by atoms with Crippen LogP contribution in [0.15, 0.2) is 29.2 Å². The van der Waals surface area contributed by atoms with Gasteiger partial charge in [-0.1, -0.05) is 6.07 Å². The number of carbonyl (C=O) groups excluding carboxylic acids is 1. The van der Waals surface area contributed by atoms with Crippen LogP contribution in [0, 0.1) is 5.92 Å². The molecule has 1 amide bonds. The Morgan fingerprint density at radius 2 is 2.09 bits per heavy atom. The number of amides is 1. The molecule has 0 unspecified atom stereocenters. The second-order valence-corrected chi connectivity index (χ2v) is 5.74. The van der Waals surface area contributed by atoms with E-state index in [0.717, 1.165) is 25.9 Å². The van der Waals surface area contributed by atoms with Crippen molar-refractivity contribution in [3.63, 3.8) is 0 Å². The highest BCUT2D eigenvalue weighted by molar-refractivity contribution is 5.76. The third kappa shape index (κ3) is 2.89. The van der Waals surface area contributed by atoms with E-state index >= 15 is 0 Å². The molecule has 0 bridgehead atoms. The summed E-state index contributed by atoms with van der Waals surface area (Å²) in [4.78, 5) is 26.2. The summed E-state index contributed by atoms with van der Waals surface area (Å²) < 4.78 is 2.84. The van der Waals surface area contributed by atoms with Crippen molar-refractivity contribution < 1.29 is 4.79 Å². The molecule has 3 rings (SSSR count). The lowest BCUT2D eigenvalue weighted by atomic mass is 9.97. The van der Waals surface area contributed by atoms with Gasteiger partial charge < -0.3 is 10.6 Å². The van der Waals surface area contributed by atoms with E-state index in [4.69, 9.17) is 5.73 Å². The molecule has 1 fully saturated rings. The lowest BCUT2D eigenvalue weighted by molar-refractivity contribution is -0.132. The molecule has 0 saturated carbocycles. The molecular weight excluding hydrogens is 282 g/mol. The van der Waals surface area contributed by atoms with Crippen LogP contribution in [0.3, 0.4) is 0 Å². The number of aryl methyl sites for hydroxylation is 1. The molecule has 1 aliphatic heterocycles. The van der Waals surface area contributed by atoms with Gasteiger partial charge in [0.15, 0.2) is 5.65 Å². The average molecular weight is 303 g/mol. The first-order valence-corrected chi connectivity index (χ1v) is 7.71. The minimum atomic E-state index is -0.203. The Kier molecular flexibility index (Phi) is 4.24. The topological polar surface area (TPSA) is 85.6 Å². The smallest absolute Gasteiger partial charge is 0.343 e. The normalized spacial score (nSPS) is 16.3. The van der Waals surface area contributed by atoms with Crippen molar-refractivity contribution in [3.05, 3.63) is 34.9 Å². The quantitative estimate of drug-likeness (QED) is 0.867. The summed E-state index contributed by atoms with van der Waals surface area (Å²) in [5, 5.41) is 4.23. The van der Waals surface area contributed by atoms with Crippen molar-refractivity contribution in [2.24, 2.45) is 11.7 Å².